The van der Waals surface area contributed by atoms with E-state index in [1.165, 1.54) is 0 Å². The van der Waals surface area contributed by atoms with Crippen molar-refractivity contribution >= 4 is 109 Å². The molecule has 26 heteroatoms. The average Bonchev–Trinajstić information content (AvgIpc) is 1.83. The number of hydrogen-bond donors (Lipinski definition) is 0. The predicted octanol–water partition coefficient (Wildman–Crippen LogP) is -8.26. The van der Waals surface area contributed by atoms with Crippen LogP contribution in [-0.2, 0) is 43.4 Å². The minimum atomic E-state index is -1.42. The molecule has 9 rings (SSSR count). The Bertz CT molecular complexity index is 306. The molecule has 0 aromatic carbocycles. The summed E-state index contributed by atoms with van der Waals surface area (Å²) < 4.78 is 77.4. The van der Waals surface area contributed by atoms with Crippen LogP contribution in [0.15, 0.2) is 0 Å². The van der Waals surface area contributed by atoms with Gasteiger partial charge in [-0.25, -0.2) is 0 Å². The van der Waals surface area contributed by atoms with Gasteiger partial charge in [0.25, 0.3) is 0 Å². The summed E-state index contributed by atoms with van der Waals surface area (Å²) in [5, 5.41) is 0. The largest absolute Gasteiger partial charge is 0.821 e. The van der Waals surface area contributed by atoms with Gasteiger partial charge in [-0.1, -0.05) is 0 Å². The van der Waals surface area contributed by atoms with Gasteiger partial charge < -0.3 is 52.9 Å². The average molecular weight is 516 g/mol. The van der Waals surface area contributed by atoms with Crippen molar-refractivity contribution in [3.8, 4) is 0 Å². The smallest absolute Gasteiger partial charge is 0.547 e. The Morgan fingerprint density at radius 1 is 0.346 bits per heavy atom. The summed E-state index contributed by atoms with van der Waals surface area (Å²) in [6.07, 6.45) is 0. The third kappa shape index (κ3) is 11.5. The van der Waals surface area contributed by atoms with E-state index >= 15 is 0 Å². The van der Waals surface area contributed by atoms with Crippen molar-refractivity contribution in [1.29, 1.82) is 0 Å². The summed E-state index contributed by atoms with van der Waals surface area (Å²) in [7, 11) is -2.83. The zero-order valence-electron chi connectivity index (χ0n) is 12.3. The van der Waals surface area contributed by atoms with E-state index in [0.717, 1.165) is 0 Å². The second-order valence-corrected chi connectivity index (χ2v) is 16.7. The highest BCUT2D eigenvalue weighted by Crippen LogP contribution is 2.24. The van der Waals surface area contributed by atoms with Crippen molar-refractivity contribution in [2.75, 3.05) is 0 Å². The molecule has 9 aliphatic rings. The highest BCUT2D eigenvalue weighted by molar-refractivity contribution is 6.81. The van der Waals surface area contributed by atoms with E-state index in [1.54, 1.807) is 0 Å². The van der Waals surface area contributed by atoms with Crippen LogP contribution in [0.2, 0.25) is 0 Å². The molecule has 0 unspecified atom stereocenters. The molecule has 9 aliphatic heterocycles. The van der Waals surface area contributed by atoms with Gasteiger partial charge in [-0.3, -0.25) is 17.8 Å². The van der Waals surface area contributed by atoms with E-state index < -0.39 is 109 Å². The highest BCUT2D eigenvalue weighted by Gasteiger charge is 2.69. The molecule has 0 atom stereocenters. The second-order valence-electron chi connectivity index (χ2n) is 3.12. The van der Waals surface area contributed by atoms with E-state index in [9.17, 15) is 0 Å². The lowest BCUT2D eigenvalue weighted by atomic mass is 15.5. The van der Waals surface area contributed by atoms with Crippen molar-refractivity contribution < 1.29 is 70.8 Å². The Balaban J connectivity index is -0.000000113. The van der Waals surface area contributed by atoms with Crippen molar-refractivity contribution in [1.82, 2.24) is 0 Å². The first-order chi connectivity index (χ1) is 10.2. The quantitative estimate of drug-likeness (QED) is 0.270. The lowest BCUT2D eigenvalue weighted by Crippen LogP contribution is -2.68. The lowest BCUT2D eigenvalue weighted by Gasteiger charge is -2.41. The molecule has 9 fully saturated rings. The molecule has 0 saturated carbocycles. The molecule has 6 bridgehead atoms. The molecule has 9 saturated heterocycles. The van der Waals surface area contributed by atoms with Gasteiger partial charge in [-0.2, -0.15) is 0 Å². The lowest BCUT2D eigenvalue weighted by molar-refractivity contribution is 0.0365. The summed E-state index contributed by atoms with van der Waals surface area (Å²) >= 11 is -7.58. The third-order valence-electron chi connectivity index (χ3n) is 2.00. The number of rotatable bonds is 0. The number of hydrogen-bond acceptors (Lipinski definition) is 13. The Labute approximate surface area is 178 Å². The minimum absolute atomic E-state index is 0. The minimum Gasteiger partial charge on any atom is -0.547 e. The van der Waals surface area contributed by atoms with Gasteiger partial charge in [-0.05, 0) is 0 Å². The molecular weight excluding hydrogens is 506 g/mol. The van der Waals surface area contributed by atoms with Crippen LogP contribution >= 0.6 is 0 Å². The Hall–Kier alpha value is 2.27. The molecule has 0 aromatic heterocycles. The molecule has 0 aromatic rings. The molecule has 0 amide bonds. The van der Waals surface area contributed by atoms with Gasteiger partial charge >= 0.3 is 109 Å². The second kappa shape index (κ2) is 19.2. The summed E-state index contributed by atoms with van der Waals surface area (Å²) in [6, 6.07) is 0. The van der Waals surface area contributed by atoms with Gasteiger partial charge in [0, 0.05) is 0 Å². The summed E-state index contributed by atoms with van der Waals surface area (Å²) in [5.41, 5.74) is 0. The van der Waals surface area contributed by atoms with Crippen LogP contribution < -0.4 is 0 Å². The predicted molar refractivity (Wildman–Crippen MR) is 76.6 cm³/mol. The molecule has 0 radical (unpaired) electrons. The maximum Gasteiger partial charge on any atom is 0.821 e. The summed E-state index contributed by atoms with van der Waals surface area (Å²) in [5.74, 6) is 0. The highest BCUT2D eigenvalue weighted by atomic mass is 28.2. The van der Waals surface area contributed by atoms with Gasteiger partial charge in [-0.15, -0.1) is 0 Å². The Kier molecular flexibility index (Phi) is 26.4. The van der Waals surface area contributed by atoms with E-state index in [1.807, 2.05) is 0 Å². The zero-order chi connectivity index (χ0) is 15.2. The van der Waals surface area contributed by atoms with Gasteiger partial charge in [0.05, 0.1) is 0 Å². The Morgan fingerprint density at radius 2 is 0.385 bits per heavy atom. The fourth-order valence-corrected chi connectivity index (χ4v) is 8.17. The monoisotopic (exact) mass is 516 g/mol. The molecule has 0 aliphatic carbocycles. The SMILES string of the molecule is O.O.O.O.O.O=[Si]=O.O=[Si]=O.[O]1[Al]2[O][Al]1[O]2.[O]1[Al]2[O][Al]1[O]2.[O]1[Al]2[O][Al]1[O]2. The van der Waals surface area contributed by atoms with Crippen molar-refractivity contribution in [3.63, 3.8) is 0 Å². The molecular formula is H10Al6O18Si2. The topological polar surface area (TPSA) is 309 Å². The first-order valence-corrected chi connectivity index (χ1v) is 15.2. The van der Waals surface area contributed by atoms with Gasteiger partial charge in [0.2, 0.25) is 0 Å². The zero-order valence-corrected chi connectivity index (χ0v) is 21.2. The fraction of sp³-hybridized carbons (Fsp3) is 0. The maximum atomic E-state index is 8.40. The molecule has 18 nitrogen and oxygen atoms in total. The standard InChI is InChI=1S/6Al.2O2Si.5H2O.9O/c;;;;;;2*1-3-2;;;;;;;;;;;;;;/h;;;;;;;;5*1H2;;;;;;;;;. The molecule has 10 N–H and O–H groups in total. The van der Waals surface area contributed by atoms with Crippen LogP contribution in [0.4, 0.5) is 0 Å². The van der Waals surface area contributed by atoms with Crippen LogP contribution in [0.3, 0.4) is 0 Å². The van der Waals surface area contributed by atoms with E-state index in [2.05, 4.69) is 0 Å². The summed E-state index contributed by atoms with van der Waals surface area (Å²) in [6.45, 7) is 0. The van der Waals surface area contributed by atoms with Gasteiger partial charge in [0.15, 0.2) is 0 Å². The van der Waals surface area contributed by atoms with Crippen LogP contribution in [0.1, 0.15) is 0 Å². The Morgan fingerprint density at radius 3 is 0.385 bits per heavy atom. The van der Waals surface area contributed by atoms with Crippen molar-refractivity contribution in [3.05, 3.63) is 0 Å². The maximum absolute atomic E-state index is 8.40. The van der Waals surface area contributed by atoms with E-state index in [4.69, 9.17) is 43.4 Å². The molecule has 26 heavy (non-hydrogen) atoms. The van der Waals surface area contributed by atoms with E-state index in [0.29, 0.717) is 0 Å². The van der Waals surface area contributed by atoms with Gasteiger partial charge in [0.1, 0.15) is 0 Å². The normalized spacial score (nSPS) is 17.2. The van der Waals surface area contributed by atoms with Crippen LogP contribution in [0.5, 0.6) is 0 Å². The summed E-state index contributed by atoms with van der Waals surface area (Å²) in [4.78, 5) is 0. The molecule has 144 valence electrons. The van der Waals surface area contributed by atoms with Crippen molar-refractivity contribution in [2.24, 2.45) is 0 Å². The van der Waals surface area contributed by atoms with Crippen LogP contribution in [0.25, 0.3) is 0 Å². The van der Waals surface area contributed by atoms with E-state index in [-0.39, 0.29) is 27.4 Å². The first-order valence-electron chi connectivity index (χ1n) is 5.06. The van der Waals surface area contributed by atoms with Crippen LogP contribution in [0, 0.1) is 0 Å². The fourth-order valence-electron chi connectivity index (χ4n) is 0.908. The third-order valence-corrected chi connectivity index (χ3v) is 18.0. The van der Waals surface area contributed by atoms with Crippen molar-refractivity contribution in [2.45, 2.75) is 0 Å². The molecule has 9 heterocycles. The van der Waals surface area contributed by atoms with Crippen LogP contribution in [-0.4, -0.2) is 137 Å². The molecule has 0 spiro atoms. The first kappa shape index (κ1) is 35.7.